The Hall–Kier alpha value is -0.860. The number of rotatable bonds is 4. The molecule has 1 N–H and O–H groups in total. The zero-order valence-corrected chi connectivity index (χ0v) is 13.0. The lowest BCUT2D eigenvalue weighted by molar-refractivity contribution is -0.156. The Morgan fingerprint density at radius 3 is 2.30 bits per heavy atom. The van der Waals surface area contributed by atoms with Crippen molar-refractivity contribution < 1.29 is 9.59 Å². The molecule has 3 atom stereocenters. The third kappa shape index (κ3) is 2.19. The molecule has 3 heteroatoms. The van der Waals surface area contributed by atoms with Crippen molar-refractivity contribution in [3.63, 3.8) is 0 Å². The van der Waals surface area contributed by atoms with Crippen LogP contribution in [0.5, 0.6) is 0 Å². The Morgan fingerprint density at radius 2 is 1.80 bits per heavy atom. The van der Waals surface area contributed by atoms with Crippen LogP contribution in [-0.4, -0.2) is 17.7 Å². The van der Waals surface area contributed by atoms with Crippen LogP contribution in [0.2, 0.25) is 0 Å². The van der Waals surface area contributed by atoms with Crippen molar-refractivity contribution in [2.24, 2.45) is 22.7 Å². The van der Waals surface area contributed by atoms with Gasteiger partial charge in [0.1, 0.15) is 0 Å². The first-order chi connectivity index (χ1) is 9.36. The summed E-state index contributed by atoms with van der Waals surface area (Å²) in [6.07, 6.45) is 7.58. The minimum Gasteiger partial charge on any atom is -0.346 e. The summed E-state index contributed by atoms with van der Waals surface area (Å²) in [6, 6.07) is -0.326. The topological polar surface area (TPSA) is 46.2 Å². The van der Waals surface area contributed by atoms with Gasteiger partial charge in [0.15, 0.2) is 5.78 Å². The molecule has 0 spiro atoms. The highest BCUT2D eigenvalue weighted by molar-refractivity contribution is 5.91. The molecule has 4 aliphatic rings. The van der Waals surface area contributed by atoms with E-state index in [4.69, 9.17) is 0 Å². The molecule has 0 saturated heterocycles. The third-order valence-electron chi connectivity index (χ3n) is 6.01. The van der Waals surface area contributed by atoms with E-state index >= 15 is 0 Å². The largest absolute Gasteiger partial charge is 0.346 e. The Labute approximate surface area is 121 Å². The summed E-state index contributed by atoms with van der Waals surface area (Å²) in [7, 11) is 0. The zero-order chi connectivity index (χ0) is 14.5. The lowest BCUT2D eigenvalue weighted by Gasteiger charge is -2.60. The minimum absolute atomic E-state index is 0.134. The van der Waals surface area contributed by atoms with Crippen molar-refractivity contribution in [2.45, 2.75) is 71.8 Å². The second kappa shape index (κ2) is 4.57. The molecule has 1 amide bonds. The van der Waals surface area contributed by atoms with Crippen LogP contribution in [0.3, 0.4) is 0 Å². The van der Waals surface area contributed by atoms with Gasteiger partial charge in [0, 0.05) is 6.42 Å². The molecule has 4 fully saturated rings. The fraction of sp³-hybridized carbons (Fsp3) is 0.882. The zero-order valence-electron chi connectivity index (χ0n) is 13.0. The normalized spacial score (nSPS) is 43.4. The van der Waals surface area contributed by atoms with Gasteiger partial charge in [-0.2, -0.15) is 0 Å². The highest BCUT2D eigenvalue weighted by atomic mass is 16.2. The summed E-state index contributed by atoms with van der Waals surface area (Å²) < 4.78 is 0. The molecule has 0 aromatic heterocycles. The van der Waals surface area contributed by atoms with Gasteiger partial charge in [-0.3, -0.25) is 9.59 Å². The van der Waals surface area contributed by atoms with E-state index in [0.29, 0.717) is 11.8 Å². The maximum absolute atomic E-state index is 12.8. The first-order valence-electron chi connectivity index (χ1n) is 8.19. The number of hydrogen-bond donors (Lipinski definition) is 1. The number of Topliss-reactive ketones (excluding diaryl/α,β-unsaturated/α-hetero) is 1. The molecule has 3 unspecified atom stereocenters. The lowest BCUT2D eigenvalue weighted by atomic mass is 9.44. The molecule has 4 bridgehead atoms. The van der Waals surface area contributed by atoms with Gasteiger partial charge in [-0.05, 0) is 62.7 Å². The van der Waals surface area contributed by atoms with Crippen LogP contribution >= 0.6 is 0 Å². The Bertz CT molecular complexity index is 428. The maximum Gasteiger partial charge on any atom is 0.226 e. The van der Waals surface area contributed by atoms with E-state index in [1.807, 2.05) is 13.8 Å². The minimum atomic E-state index is -0.326. The second-order valence-electron chi connectivity index (χ2n) is 8.07. The van der Waals surface area contributed by atoms with Crippen molar-refractivity contribution in [3.8, 4) is 0 Å². The van der Waals surface area contributed by atoms with Gasteiger partial charge in [0.25, 0.3) is 0 Å². The molecule has 4 aliphatic carbocycles. The standard InChI is InChI=1S/C17H27NO2/c1-4-14(19)11(2)18-15(20)17-8-12-5-13(9-17)7-16(3,6-12)10-17/h11-13H,4-10H2,1-3H3,(H,18,20). The van der Waals surface area contributed by atoms with Crippen molar-refractivity contribution in [1.82, 2.24) is 5.32 Å². The van der Waals surface area contributed by atoms with Gasteiger partial charge in [-0.25, -0.2) is 0 Å². The molecular formula is C17H27NO2. The van der Waals surface area contributed by atoms with Gasteiger partial charge in [0.05, 0.1) is 11.5 Å². The van der Waals surface area contributed by atoms with Gasteiger partial charge in [-0.1, -0.05) is 13.8 Å². The number of carbonyl (C=O) groups excluding carboxylic acids is 2. The van der Waals surface area contributed by atoms with E-state index in [1.165, 1.54) is 19.3 Å². The average molecular weight is 277 g/mol. The monoisotopic (exact) mass is 277 g/mol. The summed E-state index contributed by atoms with van der Waals surface area (Å²) in [5, 5.41) is 3.02. The predicted octanol–water partition coefficient (Wildman–Crippen LogP) is 3.08. The molecule has 3 nitrogen and oxygen atoms in total. The first kappa shape index (κ1) is 14.1. The van der Waals surface area contributed by atoms with Gasteiger partial charge < -0.3 is 5.32 Å². The molecular weight excluding hydrogens is 250 g/mol. The SMILES string of the molecule is CCC(=O)C(C)NC(=O)C12CC3CC(CC(C)(C3)C1)C2. The van der Waals surface area contributed by atoms with Crippen LogP contribution in [0.4, 0.5) is 0 Å². The van der Waals surface area contributed by atoms with Crippen molar-refractivity contribution >= 4 is 11.7 Å². The van der Waals surface area contributed by atoms with Crippen LogP contribution in [0.1, 0.15) is 65.7 Å². The number of hydrogen-bond acceptors (Lipinski definition) is 2. The summed E-state index contributed by atoms with van der Waals surface area (Å²) in [6.45, 7) is 6.05. The summed E-state index contributed by atoms with van der Waals surface area (Å²) >= 11 is 0. The molecule has 0 radical (unpaired) electrons. The van der Waals surface area contributed by atoms with Gasteiger partial charge in [0.2, 0.25) is 5.91 Å². The van der Waals surface area contributed by atoms with Crippen LogP contribution in [0.15, 0.2) is 0 Å². The smallest absolute Gasteiger partial charge is 0.226 e. The van der Waals surface area contributed by atoms with E-state index in [-0.39, 0.29) is 23.1 Å². The highest BCUT2D eigenvalue weighted by Crippen LogP contribution is 2.65. The van der Waals surface area contributed by atoms with Gasteiger partial charge in [-0.15, -0.1) is 0 Å². The van der Waals surface area contributed by atoms with Crippen molar-refractivity contribution in [3.05, 3.63) is 0 Å². The fourth-order valence-electron chi connectivity index (χ4n) is 5.72. The van der Waals surface area contributed by atoms with E-state index in [2.05, 4.69) is 12.2 Å². The first-order valence-corrected chi connectivity index (χ1v) is 8.19. The van der Waals surface area contributed by atoms with Crippen LogP contribution in [0.25, 0.3) is 0 Å². The Morgan fingerprint density at radius 1 is 1.20 bits per heavy atom. The third-order valence-corrected chi connectivity index (χ3v) is 6.01. The maximum atomic E-state index is 12.8. The molecule has 0 aromatic carbocycles. The number of amides is 1. The molecule has 0 aromatic rings. The second-order valence-corrected chi connectivity index (χ2v) is 8.07. The quantitative estimate of drug-likeness (QED) is 0.858. The van der Waals surface area contributed by atoms with E-state index in [0.717, 1.165) is 31.1 Å². The van der Waals surface area contributed by atoms with Crippen LogP contribution < -0.4 is 5.32 Å². The Balaban J connectivity index is 1.76. The number of ketones is 1. The molecule has 0 heterocycles. The number of carbonyl (C=O) groups is 2. The molecule has 112 valence electrons. The van der Waals surface area contributed by atoms with Crippen LogP contribution in [-0.2, 0) is 9.59 Å². The summed E-state index contributed by atoms with van der Waals surface area (Å²) in [4.78, 5) is 24.5. The van der Waals surface area contributed by atoms with Crippen molar-refractivity contribution in [1.29, 1.82) is 0 Å². The number of nitrogens with one attached hydrogen (secondary N) is 1. The molecule has 20 heavy (non-hydrogen) atoms. The highest BCUT2D eigenvalue weighted by Gasteiger charge is 2.58. The van der Waals surface area contributed by atoms with E-state index in [1.54, 1.807) is 0 Å². The molecule has 4 rings (SSSR count). The van der Waals surface area contributed by atoms with Crippen LogP contribution in [0, 0.1) is 22.7 Å². The summed E-state index contributed by atoms with van der Waals surface area (Å²) in [5.41, 5.74) is 0.209. The van der Waals surface area contributed by atoms with E-state index < -0.39 is 0 Å². The molecule has 0 aliphatic heterocycles. The predicted molar refractivity (Wildman–Crippen MR) is 78.1 cm³/mol. The Kier molecular flexibility index (Phi) is 3.22. The average Bonchev–Trinajstić information content (AvgIpc) is 2.34. The van der Waals surface area contributed by atoms with Crippen molar-refractivity contribution in [2.75, 3.05) is 0 Å². The fourth-order valence-corrected chi connectivity index (χ4v) is 5.72. The summed E-state index contributed by atoms with van der Waals surface area (Å²) in [5.74, 6) is 1.77. The molecule has 4 saturated carbocycles. The lowest BCUT2D eigenvalue weighted by Crippen LogP contribution is -2.58. The van der Waals surface area contributed by atoms with E-state index in [9.17, 15) is 9.59 Å². The van der Waals surface area contributed by atoms with Gasteiger partial charge >= 0.3 is 0 Å².